The number of hydrogen-bond donors (Lipinski definition) is 4. The van der Waals surface area contributed by atoms with Crippen molar-refractivity contribution in [2.24, 2.45) is 0 Å². The van der Waals surface area contributed by atoms with Crippen LogP contribution in [0.2, 0.25) is 0 Å². The van der Waals surface area contributed by atoms with Gasteiger partial charge in [-0.2, -0.15) is 0 Å². The van der Waals surface area contributed by atoms with Crippen LogP contribution in [-0.4, -0.2) is 95.6 Å². The smallest absolute Gasteiger partial charge is 0.317 e. The van der Waals surface area contributed by atoms with Crippen LogP contribution in [-0.2, 0) is 19.2 Å². The van der Waals surface area contributed by atoms with E-state index in [0.29, 0.717) is 32.2 Å². The molecule has 37 heavy (non-hydrogen) atoms. The molecule has 214 valence electrons. The Hall–Kier alpha value is -2.20. The highest BCUT2D eigenvalue weighted by molar-refractivity contribution is 5.79. The Balaban J connectivity index is 2.39. The lowest BCUT2D eigenvalue weighted by molar-refractivity contribution is -0.142. The number of hydrogen-bond acceptors (Lipinski definition) is 6. The number of carbonyl (C=O) groups excluding carboxylic acids is 2. The second-order valence-electron chi connectivity index (χ2n) is 10.3. The second kappa shape index (κ2) is 19.9. The third-order valence-corrected chi connectivity index (χ3v) is 7.20. The summed E-state index contributed by atoms with van der Waals surface area (Å²) in [6, 6.07) is -0.136. The lowest BCUT2D eigenvalue weighted by Gasteiger charge is -2.39. The van der Waals surface area contributed by atoms with E-state index in [1.807, 2.05) is 0 Å². The molecule has 1 aliphatic carbocycles. The van der Waals surface area contributed by atoms with Gasteiger partial charge < -0.3 is 20.8 Å². The molecule has 1 aliphatic rings. The first-order valence-corrected chi connectivity index (χ1v) is 14.2. The highest BCUT2D eigenvalue weighted by Gasteiger charge is 2.32. The SMILES string of the molecule is CCCCCCCCCCCCNC(=O)CN(CC(=O)O)C1CCC(N(CC(=O)O)CC(=O)NC)CC1. The van der Waals surface area contributed by atoms with Crippen molar-refractivity contribution < 1.29 is 29.4 Å². The molecule has 0 unspecified atom stereocenters. The number of nitrogens with zero attached hydrogens (tertiary/aromatic N) is 2. The van der Waals surface area contributed by atoms with E-state index in [4.69, 9.17) is 0 Å². The number of unbranched alkanes of at least 4 members (excludes halogenated alkanes) is 9. The quantitative estimate of drug-likeness (QED) is 0.167. The summed E-state index contributed by atoms with van der Waals surface area (Å²) < 4.78 is 0. The first kappa shape index (κ1) is 32.8. The second-order valence-corrected chi connectivity index (χ2v) is 10.3. The summed E-state index contributed by atoms with van der Waals surface area (Å²) in [5.41, 5.74) is 0. The third kappa shape index (κ3) is 15.6. The van der Waals surface area contributed by atoms with Crippen molar-refractivity contribution in [1.82, 2.24) is 20.4 Å². The predicted octanol–water partition coefficient (Wildman–Crippen LogP) is 2.85. The van der Waals surface area contributed by atoms with Crippen LogP contribution in [0.5, 0.6) is 0 Å². The highest BCUT2D eigenvalue weighted by Crippen LogP contribution is 2.26. The number of rotatable bonds is 21. The summed E-state index contributed by atoms with van der Waals surface area (Å²) in [5, 5.41) is 24.1. The van der Waals surface area contributed by atoms with E-state index < -0.39 is 11.9 Å². The van der Waals surface area contributed by atoms with E-state index >= 15 is 0 Å². The Morgan fingerprint density at radius 1 is 0.649 bits per heavy atom. The van der Waals surface area contributed by atoms with Crippen molar-refractivity contribution in [3.8, 4) is 0 Å². The van der Waals surface area contributed by atoms with Crippen molar-refractivity contribution in [2.75, 3.05) is 39.8 Å². The number of carboxylic acid groups (broad SMARTS) is 2. The maximum absolute atomic E-state index is 12.5. The molecule has 0 atom stereocenters. The molecule has 10 heteroatoms. The molecule has 0 saturated heterocycles. The van der Waals surface area contributed by atoms with Crippen LogP contribution in [0.25, 0.3) is 0 Å². The monoisotopic (exact) mass is 526 g/mol. The number of carboxylic acids is 2. The first-order chi connectivity index (χ1) is 17.8. The Labute approximate surface area is 222 Å². The van der Waals surface area contributed by atoms with Gasteiger partial charge in [-0.05, 0) is 32.1 Å². The topological polar surface area (TPSA) is 139 Å². The van der Waals surface area contributed by atoms with Gasteiger partial charge in [0.1, 0.15) is 0 Å². The molecule has 0 bridgehead atoms. The largest absolute Gasteiger partial charge is 0.480 e. The zero-order valence-corrected chi connectivity index (χ0v) is 23.0. The first-order valence-electron chi connectivity index (χ1n) is 14.2. The number of amides is 2. The summed E-state index contributed by atoms with van der Waals surface area (Å²) in [4.78, 5) is 50.4. The molecule has 4 N–H and O–H groups in total. The zero-order valence-electron chi connectivity index (χ0n) is 23.0. The molecular formula is C27H50N4O6. The van der Waals surface area contributed by atoms with Crippen LogP contribution >= 0.6 is 0 Å². The van der Waals surface area contributed by atoms with Gasteiger partial charge in [0.15, 0.2) is 0 Å². The molecule has 10 nitrogen and oxygen atoms in total. The fourth-order valence-electron chi connectivity index (χ4n) is 5.11. The maximum atomic E-state index is 12.5. The normalized spacial score (nSPS) is 17.6. The molecule has 1 rings (SSSR count). The van der Waals surface area contributed by atoms with E-state index in [9.17, 15) is 29.4 Å². The van der Waals surface area contributed by atoms with E-state index in [1.165, 1.54) is 58.4 Å². The van der Waals surface area contributed by atoms with Gasteiger partial charge >= 0.3 is 11.9 Å². The minimum atomic E-state index is -0.988. The molecular weight excluding hydrogens is 476 g/mol. The summed E-state index contributed by atoms with van der Waals surface area (Å²) in [7, 11) is 1.52. The molecule has 2 amide bonds. The van der Waals surface area contributed by atoms with E-state index in [1.54, 1.807) is 9.80 Å². The average Bonchev–Trinajstić information content (AvgIpc) is 2.86. The standard InChI is InChI=1S/C27H50N4O6/c1-3-4-5-6-7-8-9-10-11-12-17-29-25(33)19-31(21-27(36)37)23-15-13-22(14-16-23)30(20-26(34)35)18-24(32)28-2/h22-23H,3-21H2,1-2H3,(H,28,32)(H,29,33)(H,34,35)(H,36,37). The summed E-state index contributed by atoms with van der Waals surface area (Å²) in [6.45, 7) is 2.45. The van der Waals surface area contributed by atoms with Crippen LogP contribution < -0.4 is 10.6 Å². The maximum Gasteiger partial charge on any atom is 0.317 e. The summed E-state index contributed by atoms with van der Waals surface area (Å²) >= 11 is 0. The lowest BCUT2D eigenvalue weighted by atomic mass is 9.89. The molecule has 1 fully saturated rings. The molecule has 0 spiro atoms. The Bertz CT molecular complexity index is 682. The molecule has 0 heterocycles. The predicted molar refractivity (Wildman–Crippen MR) is 143 cm³/mol. The lowest BCUT2D eigenvalue weighted by Crippen LogP contribution is -2.50. The van der Waals surface area contributed by atoms with Crippen molar-refractivity contribution in [1.29, 1.82) is 0 Å². The van der Waals surface area contributed by atoms with Crippen LogP contribution in [0.4, 0.5) is 0 Å². The number of carbonyl (C=O) groups is 4. The van der Waals surface area contributed by atoms with E-state index in [2.05, 4.69) is 17.6 Å². The van der Waals surface area contributed by atoms with Crippen molar-refractivity contribution in [3.05, 3.63) is 0 Å². The fraction of sp³-hybridized carbons (Fsp3) is 0.852. The van der Waals surface area contributed by atoms with Crippen LogP contribution in [0.15, 0.2) is 0 Å². The zero-order chi connectivity index (χ0) is 27.5. The number of aliphatic carboxylic acids is 2. The Morgan fingerprint density at radius 2 is 1.05 bits per heavy atom. The van der Waals surface area contributed by atoms with Gasteiger partial charge in [0, 0.05) is 25.7 Å². The van der Waals surface area contributed by atoms with Gasteiger partial charge in [-0.3, -0.25) is 29.0 Å². The molecule has 0 aromatic carbocycles. The van der Waals surface area contributed by atoms with Crippen LogP contribution in [0, 0.1) is 0 Å². The van der Waals surface area contributed by atoms with Gasteiger partial charge in [0.05, 0.1) is 26.2 Å². The number of likely N-dealkylation sites (N-methyl/N-ethyl adjacent to an activating group) is 1. The van der Waals surface area contributed by atoms with Gasteiger partial charge in [0.2, 0.25) is 11.8 Å². The minimum Gasteiger partial charge on any atom is -0.480 e. The van der Waals surface area contributed by atoms with Crippen molar-refractivity contribution in [3.63, 3.8) is 0 Å². The fourth-order valence-corrected chi connectivity index (χ4v) is 5.11. The molecule has 1 saturated carbocycles. The Kier molecular flexibility index (Phi) is 17.6. The molecule has 0 aromatic heterocycles. The summed E-state index contributed by atoms with van der Waals surface area (Å²) in [6.07, 6.45) is 14.9. The molecule has 0 aromatic rings. The highest BCUT2D eigenvalue weighted by atomic mass is 16.4. The minimum absolute atomic E-state index is 0.0122. The Morgan fingerprint density at radius 3 is 1.46 bits per heavy atom. The van der Waals surface area contributed by atoms with Crippen molar-refractivity contribution in [2.45, 2.75) is 109 Å². The molecule has 0 radical (unpaired) electrons. The van der Waals surface area contributed by atoms with Crippen molar-refractivity contribution >= 4 is 23.8 Å². The van der Waals surface area contributed by atoms with Gasteiger partial charge in [0.25, 0.3) is 0 Å². The van der Waals surface area contributed by atoms with E-state index in [0.717, 1.165) is 12.8 Å². The molecule has 0 aliphatic heterocycles. The van der Waals surface area contributed by atoms with E-state index in [-0.39, 0.29) is 50.1 Å². The summed E-state index contributed by atoms with van der Waals surface area (Å²) in [5.74, 6) is -2.37. The van der Waals surface area contributed by atoms with Gasteiger partial charge in [-0.1, -0.05) is 64.7 Å². The van der Waals surface area contributed by atoms with Gasteiger partial charge in [-0.15, -0.1) is 0 Å². The third-order valence-electron chi connectivity index (χ3n) is 7.20. The number of nitrogens with one attached hydrogen (secondary N) is 2. The van der Waals surface area contributed by atoms with Gasteiger partial charge in [-0.25, -0.2) is 0 Å². The average molecular weight is 527 g/mol. The van der Waals surface area contributed by atoms with Crippen LogP contribution in [0.3, 0.4) is 0 Å². The van der Waals surface area contributed by atoms with Crippen LogP contribution in [0.1, 0.15) is 96.8 Å².